The summed E-state index contributed by atoms with van der Waals surface area (Å²) < 4.78 is 33.2. The number of aryl methyl sites for hydroxylation is 1. The molecule has 1 amide bonds. The molecule has 2 aromatic rings. The van der Waals surface area contributed by atoms with E-state index in [1.807, 2.05) is 6.92 Å². The van der Waals surface area contributed by atoms with Gasteiger partial charge in [-0.25, -0.2) is 8.78 Å². The van der Waals surface area contributed by atoms with Gasteiger partial charge >= 0.3 is 5.97 Å². The molecular formula is C21H23F2N3O3. The Hall–Kier alpha value is -2.87. The Balaban J connectivity index is 1.88. The van der Waals surface area contributed by atoms with Gasteiger partial charge in [-0.1, -0.05) is 12.1 Å². The molecule has 0 radical (unpaired) electrons. The van der Waals surface area contributed by atoms with Gasteiger partial charge < -0.3 is 10.1 Å². The van der Waals surface area contributed by atoms with Crippen LogP contribution < -0.4 is 5.32 Å². The maximum absolute atomic E-state index is 14.5. The molecule has 0 aliphatic carbocycles. The largest absolute Gasteiger partial charge is 0.468 e. The Labute approximate surface area is 167 Å². The Morgan fingerprint density at radius 3 is 2.76 bits per heavy atom. The van der Waals surface area contributed by atoms with Gasteiger partial charge in [0, 0.05) is 24.5 Å². The summed E-state index contributed by atoms with van der Waals surface area (Å²) in [5, 5.41) is 2.85. The number of ether oxygens (including phenoxy) is 1. The maximum Gasteiger partial charge on any atom is 0.323 e. The van der Waals surface area contributed by atoms with Crippen LogP contribution in [0.4, 0.5) is 8.78 Å². The van der Waals surface area contributed by atoms with Crippen molar-refractivity contribution >= 4 is 11.9 Å². The normalized spacial score (nSPS) is 21.8. The molecule has 1 fully saturated rings. The number of likely N-dealkylation sites (tertiary alicyclic amines) is 1. The van der Waals surface area contributed by atoms with E-state index < -0.39 is 35.6 Å². The van der Waals surface area contributed by atoms with E-state index in [0.717, 1.165) is 17.2 Å². The first kappa shape index (κ1) is 20.9. The van der Waals surface area contributed by atoms with E-state index in [-0.39, 0.29) is 24.4 Å². The third-order valence-corrected chi connectivity index (χ3v) is 5.49. The summed E-state index contributed by atoms with van der Waals surface area (Å²) in [5.74, 6) is -3.62. The van der Waals surface area contributed by atoms with Crippen LogP contribution in [-0.4, -0.2) is 42.0 Å². The highest BCUT2D eigenvalue weighted by Gasteiger charge is 2.47. The molecule has 1 saturated heterocycles. The number of halogens is 2. The average Bonchev–Trinajstić information content (AvgIpc) is 3.06. The topological polar surface area (TPSA) is 71.5 Å². The van der Waals surface area contributed by atoms with Crippen LogP contribution in [0.3, 0.4) is 0 Å². The Kier molecular flexibility index (Phi) is 6.22. The molecule has 6 nitrogen and oxygen atoms in total. The fourth-order valence-electron chi connectivity index (χ4n) is 3.86. The van der Waals surface area contributed by atoms with Crippen molar-refractivity contribution in [2.24, 2.45) is 5.92 Å². The number of carbonyl (C=O) groups excluding carboxylic acids is 2. The summed E-state index contributed by atoms with van der Waals surface area (Å²) in [5.41, 5.74) is 1.87. The van der Waals surface area contributed by atoms with Gasteiger partial charge in [-0.15, -0.1) is 0 Å². The van der Waals surface area contributed by atoms with Crippen molar-refractivity contribution in [3.05, 3.63) is 65.0 Å². The summed E-state index contributed by atoms with van der Waals surface area (Å²) in [6, 6.07) is 4.12. The first-order chi connectivity index (χ1) is 13.8. The van der Waals surface area contributed by atoms with Crippen LogP contribution >= 0.6 is 0 Å². The van der Waals surface area contributed by atoms with Crippen LogP contribution in [0.25, 0.3) is 0 Å². The molecular weight excluding hydrogens is 380 g/mol. The first-order valence-electron chi connectivity index (χ1n) is 9.26. The van der Waals surface area contributed by atoms with Crippen LogP contribution in [-0.2, 0) is 20.9 Å². The number of benzene rings is 1. The summed E-state index contributed by atoms with van der Waals surface area (Å²) in [4.78, 5) is 30.8. The number of aromatic nitrogens is 1. The highest BCUT2D eigenvalue weighted by molar-refractivity contribution is 5.83. The number of nitrogens with zero attached hydrogens (tertiary/aromatic N) is 2. The molecule has 0 unspecified atom stereocenters. The van der Waals surface area contributed by atoms with Crippen LogP contribution in [0.2, 0.25) is 0 Å². The van der Waals surface area contributed by atoms with Gasteiger partial charge in [0.15, 0.2) is 11.6 Å². The van der Waals surface area contributed by atoms with Gasteiger partial charge in [0.05, 0.1) is 19.1 Å². The Morgan fingerprint density at radius 2 is 2.07 bits per heavy atom. The number of amides is 1. The van der Waals surface area contributed by atoms with Crippen LogP contribution in [0.1, 0.15) is 29.2 Å². The van der Waals surface area contributed by atoms with Crippen molar-refractivity contribution in [1.82, 2.24) is 15.2 Å². The van der Waals surface area contributed by atoms with Gasteiger partial charge in [-0.05, 0) is 43.7 Å². The van der Waals surface area contributed by atoms with E-state index in [9.17, 15) is 18.4 Å². The number of likely N-dealkylation sites (N-methyl/N-ethyl adjacent to an activating group) is 1. The molecule has 3 atom stereocenters. The Morgan fingerprint density at radius 1 is 1.31 bits per heavy atom. The monoisotopic (exact) mass is 403 g/mol. The Bertz CT molecular complexity index is 922. The third kappa shape index (κ3) is 4.12. The molecule has 1 aliphatic rings. The lowest BCUT2D eigenvalue weighted by atomic mass is 9.91. The summed E-state index contributed by atoms with van der Waals surface area (Å²) in [6.45, 7) is 2.16. The minimum Gasteiger partial charge on any atom is -0.468 e. The van der Waals surface area contributed by atoms with Crippen molar-refractivity contribution in [3.8, 4) is 0 Å². The minimum atomic E-state index is -1.02. The van der Waals surface area contributed by atoms with Crippen molar-refractivity contribution < 1.29 is 23.1 Å². The van der Waals surface area contributed by atoms with E-state index in [4.69, 9.17) is 4.74 Å². The van der Waals surface area contributed by atoms with Gasteiger partial charge in [0.1, 0.15) is 6.04 Å². The van der Waals surface area contributed by atoms with E-state index in [1.165, 1.54) is 19.2 Å². The van der Waals surface area contributed by atoms with Gasteiger partial charge in [-0.2, -0.15) is 0 Å². The number of hydrogen-bond donors (Lipinski definition) is 1. The molecule has 1 aromatic carbocycles. The zero-order chi connectivity index (χ0) is 21.1. The second-order valence-electron chi connectivity index (χ2n) is 7.15. The zero-order valence-corrected chi connectivity index (χ0v) is 16.5. The minimum absolute atomic E-state index is 0.0409. The van der Waals surface area contributed by atoms with E-state index in [0.29, 0.717) is 0 Å². The smallest absolute Gasteiger partial charge is 0.323 e. The van der Waals surface area contributed by atoms with Crippen molar-refractivity contribution in [3.63, 3.8) is 0 Å². The molecule has 154 valence electrons. The van der Waals surface area contributed by atoms with E-state index in [1.54, 1.807) is 30.4 Å². The molecule has 1 N–H and O–H groups in total. The van der Waals surface area contributed by atoms with E-state index in [2.05, 4.69) is 10.3 Å². The number of esters is 1. The first-order valence-corrected chi connectivity index (χ1v) is 9.26. The molecule has 1 aromatic heterocycles. The van der Waals surface area contributed by atoms with E-state index >= 15 is 0 Å². The van der Waals surface area contributed by atoms with Crippen LogP contribution in [0, 0.1) is 24.5 Å². The fourth-order valence-corrected chi connectivity index (χ4v) is 3.86. The fraction of sp³-hybridized carbons (Fsp3) is 0.381. The molecule has 29 heavy (non-hydrogen) atoms. The summed E-state index contributed by atoms with van der Waals surface area (Å²) in [6.07, 6.45) is 3.48. The second-order valence-corrected chi connectivity index (χ2v) is 7.15. The highest BCUT2D eigenvalue weighted by Crippen LogP contribution is 2.41. The molecule has 2 heterocycles. The number of hydrogen-bond acceptors (Lipinski definition) is 5. The average molecular weight is 403 g/mol. The summed E-state index contributed by atoms with van der Waals surface area (Å²) in [7, 11) is 2.87. The number of nitrogens with one attached hydrogen (secondary N) is 1. The molecule has 3 rings (SSSR count). The predicted octanol–water partition coefficient (Wildman–Crippen LogP) is 2.52. The van der Waals surface area contributed by atoms with Crippen molar-refractivity contribution in [2.75, 3.05) is 14.2 Å². The maximum atomic E-state index is 14.5. The van der Waals surface area contributed by atoms with Crippen molar-refractivity contribution in [1.29, 1.82) is 0 Å². The molecule has 0 saturated carbocycles. The summed E-state index contributed by atoms with van der Waals surface area (Å²) >= 11 is 0. The van der Waals surface area contributed by atoms with Crippen LogP contribution in [0.5, 0.6) is 0 Å². The highest BCUT2D eigenvalue weighted by atomic mass is 19.2. The molecule has 0 bridgehead atoms. The molecule has 8 heteroatoms. The SMILES string of the molecule is COC(=O)[C@H]1C[C@@H](C(=O)NCc2ccncc2C)[C@@H](c2cccc(F)c2F)N1C. The lowest BCUT2D eigenvalue weighted by Crippen LogP contribution is -2.36. The lowest BCUT2D eigenvalue weighted by Gasteiger charge is -2.27. The molecule has 1 aliphatic heterocycles. The quantitative estimate of drug-likeness (QED) is 0.777. The lowest BCUT2D eigenvalue weighted by molar-refractivity contribution is -0.145. The molecule has 0 spiro atoms. The number of carbonyl (C=O) groups is 2. The van der Waals surface area contributed by atoms with Crippen molar-refractivity contribution in [2.45, 2.75) is 32.0 Å². The standard InChI is InChI=1S/C21H23F2N3O3/c1-12-10-24-8-7-13(12)11-25-20(27)15-9-17(21(28)29-3)26(2)19(15)14-5-4-6-16(22)18(14)23/h4-8,10,15,17,19H,9,11H2,1-3H3,(H,25,27)/t15-,17-,19-/m1/s1. The number of pyridine rings is 1. The number of methoxy groups -OCH3 is 1. The third-order valence-electron chi connectivity index (χ3n) is 5.49. The second kappa shape index (κ2) is 8.65. The zero-order valence-electron chi connectivity index (χ0n) is 16.5. The predicted molar refractivity (Wildman–Crippen MR) is 102 cm³/mol. The van der Waals surface area contributed by atoms with Gasteiger partial charge in [-0.3, -0.25) is 19.5 Å². The van der Waals surface area contributed by atoms with Crippen LogP contribution in [0.15, 0.2) is 36.7 Å². The van der Waals surface area contributed by atoms with Gasteiger partial charge in [0.2, 0.25) is 5.91 Å². The number of rotatable bonds is 5. The van der Waals surface area contributed by atoms with Gasteiger partial charge in [0.25, 0.3) is 0 Å².